The Labute approximate surface area is 119 Å². The SMILES string of the molecule is Cc1nc2ccc(NCc3cc(F)ccc3O)cc2s1. The van der Waals surface area contributed by atoms with Gasteiger partial charge >= 0.3 is 0 Å². The molecule has 2 N–H and O–H groups in total. The summed E-state index contributed by atoms with van der Waals surface area (Å²) in [7, 11) is 0. The number of hydrogen-bond acceptors (Lipinski definition) is 4. The summed E-state index contributed by atoms with van der Waals surface area (Å²) >= 11 is 1.63. The highest BCUT2D eigenvalue weighted by atomic mass is 32.1. The Hall–Kier alpha value is -2.14. The Morgan fingerprint density at radius 1 is 1.25 bits per heavy atom. The summed E-state index contributed by atoms with van der Waals surface area (Å²) in [5, 5.41) is 13.9. The van der Waals surface area contributed by atoms with Crippen molar-refractivity contribution < 1.29 is 9.50 Å². The second-order valence-corrected chi connectivity index (χ2v) is 5.78. The van der Waals surface area contributed by atoms with Crippen LogP contribution < -0.4 is 5.32 Å². The summed E-state index contributed by atoms with van der Waals surface area (Å²) in [6.45, 7) is 2.34. The van der Waals surface area contributed by atoms with Gasteiger partial charge in [-0.3, -0.25) is 0 Å². The van der Waals surface area contributed by atoms with E-state index in [2.05, 4.69) is 10.3 Å². The molecule has 1 aromatic heterocycles. The Morgan fingerprint density at radius 2 is 2.10 bits per heavy atom. The smallest absolute Gasteiger partial charge is 0.123 e. The van der Waals surface area contributed by atoms with E-state index in [0.717, 1.165) is 20.9 Å². The van der Waals surface area contributed by atoms with Crippen molar-refractivity contribution in [3.63, 3.8) is 0 Å². The number of fused-ring (bicyclic) bond motifs is 1. The molecule has 0 spiro atoms. The number of aromatic nitrogens is 1. The van der Waals surface area contributed by atoms with Gasteiger partial charge < -0.3 is 10.4 Å². The first kappa shape index (κ1) is 12.9. The highest BCUT2D eigenvalue weighted by molar-refractivity contribution is 7.18. The molecule has 3 aromatic rings. The van der Waals surface area contributed by atoms with E-state index in [1.54, 1.807) is 11.3 Å². The summed E-state index contributed by atoms with van der Waals surface area (Å²) in [6, 6.07) is 9.82. The van der Waals surface area contributed by atoms with Crippen molar-refractivity contribution in [3.05, 3.63) is 52.8 Å². The van der Waals surface area contributed by atoms with E-state index >= 15 is 0 Å². The van der Waals surface area contributed by atoms with Gasteiger partial charge in [-0.25, -0.2) is 9.37 Å². The van der Waals surface area contributed by atoms with Gasteiger partial charge in [-0.05, 0) is 43.3 Å². The molecule has 2 aromatic carbocycles. The number of anilines is 1. The van der Waals surface area contributed by atoms with Crippen molar-refractivity contribution in [3.8, 4) is 5.75 Å². The van der Waals surface area contributed by atoms with Crippen LogP contribution in [0.3, 0.4) is 0 Å². The van der Waals surface area contributed by atoms with E-state index in [-0.39, 0.29) is 11.6 Å². The molecule has 0 amide bonds. The number of hydrogen-bond donors (Lipinski definition) is 2. The Kier molecular flexibility index (Phi) is 3.28. The minimum absolute atomic E-state index is 0.0913. The average molecular weight is 288 g/mol. The van der Waals surface area contributed by atoms with Crippen LogP contribution in [-0.4, -0.2) is 10.1 Å². The highest BCUT2D eigenvalue weighted by Gasteiger charge is 2.05. The van der Waals surface area contributed by atoms with E-state index in [0.29, 0.717) is 12.1 Å². The number of aromatic hydroxyl groups is 1. The maximum Gasteiger partial charge on any atom is 0.123 e. The number of halogens is 1. The van der Waals surface area contributed by atoms with Gasteiger partial charge in [0, 0.05) is 17.8 Å². The maximum atomic E-state index is 13.1. The van der Waals surface area contributed by atoms with Crippen LogP contribution in [0.15, 0.2) is 36.4 Å². The number of nitrogens with one attached hydrogen (secondary N) is 1. The molecule has 0 aliphatic heterocycles. The molecule has 1 heterocycles. The second-order valence-electron chi connectivity index (χ2n) is 4.54. The fourth-order valence-corrected chi connectivity index (χ4v) is 2.91. The first-order chi connectivity index (χ1) is 9.61. The molecule has 0 radical (unpaired) electrons. The number of rotatable bonds is 3. The molecule has 0 aliphatic carbocycles. The van der Waals surface area contributed by atoms with Gasteiger partial charge in [-0.2, -0.15) is 0 Å². The predicted octanol–water partition coefficient (Wildman–Crippen LogP) is 4.06. The number of phenols is 1. The molecule has 0 aliphatic rings. The van der Waals surface area contributed by atoms with Gasteiger partial charge in [0.1, 0.15) is 11.6 Å². The molecule has 0 atom stereocenters. The van der Waals surface area contributed by atoms with Gasteiger partial charge in [-0.1, -0.05) is 0 Å². The Bertz CT molecular complexity index is 770. The monoisotopic (exact) mass is 288 g/mol. The van der Waals surface area contributed by atoms with Gasteiger partial charge in [0.05, 0.1) is 15.2 Å². The molecule has 0 fully saturated rings. The Balaban J connectivity index is 1.80. The molecular weight excluding hydrogens is 275 g/mol. The van der Waals surface area contributed by atoms with Crippen LogP contribution >= 0.6 is 11.3 Å². The molecule has 102 valence electrons. The molecule has 0 bridgehead atoms. The third-order valence-corrected chi connectivity index (χ3v) is 3.95. The third-order valence-electron chi connectivity index (χ3n) is 3.02. The highest BCUT2D eigenvalue weighted by Crippen LogP contribution is 2.26. The van der Waals surface area contributed by atoms with E-state index in [4.69, 9.17) is 0 Å². The summed E-state index contributed by atoms with van der Waals surface area (Å²) < 4.78 is 14.2. The molecule has 20 heavy (non-hydrogen) atoms. The maximum absolute atomic E-state index is 13.1. The van der Waals surface area contributed by atoms with E-state index in [1.807, 2.05) is 25.1 Å². The second kappa shape index (κ2) is 5.09. The minimum atomic E-state index is -0.354. The van der Waals surface area contributed by atoms with E-state index in [9.17, 15) is 9.50 Å². The lowest BCUT2D eigenvalue weighted by atomic mass is 10.2. The molecule has 0 unspecified atom stereocenters. The van der Waals surface area contributed by atoms with E-state index in [1.165, 1.54) is 18.2 Å². The third kappa shape index (κ3) is 2.58. The zero-order chi connectivity index (χ0) is 14.1. The molecule has 3 nitrogen and oxygen atoms in total. The minimum Gasteiger partial charge on any atom is -0.508 e. The van der Waals surface area contributed by atoms with Crippen LogP contribution in [0.1, 0.15) is 10.6 Å². The van der Waals surface area contributed by atoms with Crippen LogP contribution in [-0.2, 0) is 6.54 Å². The first-order valence-electron chi connectivity index (χ1n) is 6.20. The zero-order valence-electron chi connectivity index (χ0n) is 10.9. The van der Waals surface area contributed by atoms with Gasteiger partial charge in [0.25, 0.3) is 0 Å². The van der Waals surface area contributed by atoms with Crippen molar-refractivity contribution >= 4 is 27.2 Å². The number of benzene rings is 2. The number of thiazole rings is 1. The summed E-state index contributed by atoms with van der Waals surface area (Å²) in [6.07, 6.45) is 0. The lowest BCUT2D eigenvalue weighted by Gasteiger charge is -2.08. The summed E-state index contributed by atoms with van der Waals surface area (Å²) in [5.74, 6) is -0.262. The van der Waals surface area contributed by atoms with Crippen LogP contribution in [0.25, 0.3) is 10.2 Å². The van der Waals surface area contributed by atoms with Crippen molar-refractivity contribution in [2.24, 2.45) is 0 Å². The summed E-state index contributed by atoms with van der Waals surface area (Å²) in [4.78, 5) is 4.40. The molecule has 5 heteroatoms. The number of aryl methyl sites for hydroxylation is 1. The van der Waals surface area contributed by atoms with Gasteiger partial charge in [-0.15, -0.1) is 11.3 Å². The van der Waals surface area contributed by atoms with Crippen LogP contribution in [0, 0.1) is 12.7 Å². The summed E-state index contributed by atoms with van der Waals surface area (Å²) in [5.41, 5.74) is 2.43. The molecule has 0 saturated carbocycles. The lowest BCUT2D eigenvalue weighted by Crippen LogP contribution is -2.00. The largest absolute Gasteiger partial charge is 0.508 e. The van der Waals surface area contributed by atoms with Gasteiger partial charge in [0.2, 0.25) is 0 Å². The van der Waals surface area contributed by atoms with Crippen LogP contribution in [0.5, 0.6) is 5.75 Å². The predicted molar refractivity (Wildman–Crippen MR) is 79.7 cm³/mol. The fourth-order valence-electron chi connectivity index (χ4n) is 2.04. The fraction of sp³-hybridized carbons (Fsp3) is 0.133. The first-order valence-corrected chi connectivity index (χ1v) is 7.02. The van der Waals surface area contributed by atoms with Crippen LogP contribution in [0.4, 0.5) is 10.1 Å². The molecule has 0 saturated heterocycles. The standard InChI is InChI=1S/C15H13FN2OS/c1-9-18-13-4-3-12(7-15(13)20-9)17-8-10-6-11(16)2-5-14(10)19/h2-7,17,19H,8H2,1H3. The van der Waals surface area contributed by atoms with E-state index < -0.39 is 0 Å². The molecule has 3 rings (SSSR count). The normalized spacial score (nSPS) is 10.9. The van der Waals surface area contributed by atoms with Crippen molar-refractivity contribution in [2.75, 3.05) is 5.32 Å². The Morgan fingerprint density at radius 3 is 2.95 bits per heavy atom. The topological polar surface area (TPSA) is 45.2 Å². The van der Waals surface area contributed by atoms with Crippen LogP contribution in [0.2, 0.25) is 0 Å². The van der Waals surface area contributed by atoms with Gasteiger partial charge in [0.15, 0.2) is 0 Å². The van der Waals surface area contributed by atoms with Crippen molar-refractivity contribution in [2.45, 2.75) is 13.5 Å². The number of phenolic OH excluding ortho intramolecular Hbond substituents is 1. The van der Waals surface area contributed by atoms with Crippen molar-refractivity contribution in [1.82, 2.24) is 4.98 Å². The number of nitrogens with zero attached hydrogens (tertiary/aromatic N) is 1. The average Bonchev–Trinajstić information content (AvgIpc) is 2.79. The zero-order valence-corrected chi connectivity index (χ0v) is 11.7. The molecular formula is C15H13FN2OS. The van der Waals surface area contributed by atoms with Crippen molar-refractivity contribution in [1.29, 1.82) is 0 Å². The quantitative estimate of drug-likeness (QED) is 0.764. The lowest BCUT2D eigenvalue weighted by molar-refractivity contribution is 0.466.